The average molecular weight is 183 g/mol. The third kappa shape index (κ3) is 3.47. The van der Waals surface area contributed by atoms with Crippen molar-refractivity contribution in [3.8, 4) is 0 Å². The molecule has 1 aliphatic rings. The standard InChI is InChI=1S/C11H21NO/c1-3-12(2)9-10-7-5-4-6-8-11(10)13/h10H,3-9H2,1-2H3. The highest BCUT2D eigenvalue weighted by Crippen LogP contribution is 2.20. The summed E-state index contributed by atoms with van der Waals surface area (Å²) in [6, 6.07) is 0. The van der Waals surface area contributed by atoms with Gasteiger partial charge in [0.25, 0.3) is 0 Å². The zero-order valence-electron chi connectivity index (χ0n) is 8.88. The largest absolute Gasteiger partial charge is 0.306 e. The van der Waals surface area contributed by atoms with Gasteiger partial charge in [0.15, 0.2) is 0 Å². The summed E-state index contributed by atoms with van der Waals surface area (Å²) in [4.78, 5) is 13.9. The summed E-state index contributed by atoms with van der Waals surface area (Å²) in [5.41, 5.74) is 0. The highest BCUT2D eigenvalue weighted by molar-refractivity contribution is 5.81. The van der Waals surface area contributed by atoms with Crippen molar-refractivity contribution in [2.45, 2.75) is 39.0 Å². The number of carbonyl (C=O) groups excluding carboxylic acids is 1. The van der Waals surface area contributed by atoms with Gasteiger partial charge in [-0.3, -0.25) is 4.79 Å². The van der Waals surface area contributed by atoms with Crippen LogP contribution in [0.1, 0.15) is 39.0 Å². The molecule has 2 nitrogen and oxygen atoms in total. The Morgan fingerprint density at radius 3 is 2.85 bits per heavy atom. The van der Waals surface area contributed by atoms with Crippen molar-refractivity contribution in [2.24, 2.45) is 5.92 Å². The Morgan fingerprint density at radius 1 is 1.38 bits per heavy atom. The molecule has 0 aromatic carbocycles. The predicted octanol–water partition coefficient (Wildman–Crippen LogP) is 2.09. The molecule has 0 heterocycles. The number of rotatable bonds is 3. The van der Waals surface area contributed by atoms with Crippen LogP contribution in [0.3, 0.4) is 0 Å². The minimum absolute atomic E-state index is 0.326. The van der Waals surface area contributed by atoms with Crippen molar-refractivity contribution in [1.29, 1.82) is 0 Å². The predicted molar refractivity (Wildman–Crippen MR) is 54.8 cm³/mol. The molecule has 0 aromatic heterocycles. The molecule has 0 saturated heterocycles. The number of hydrogen-bond donors (Lipinski definition) is 0. The van der Waals surface area contributed by atoms with Gasteiger partial charge >= 0.3 is 0 Å². The summed E-state index contributed by atoms with van der Waals surface area (Å²) in [5.74, 6) is 0.824. The van der Waals surface area contributed by atoms with Crippen LogP contribution in [0, 0.1) is 5.92 Å². The van der Waals surface area contributed by atoms with E-state index in [-0.39, 0.29) is 0 Å². The van der Waals surface area contributed by atoms with E-state index in [1.807, 2.05) is 0 Å². The Hall–Kier alpha value is -0.370. The summed E-state index contributed by atoms with van der Waals surface area (Å²) in [6.07, 6.45) is 5.54. The summed E-state index contributed by atoms with van der Waals surface area (Å²) in [7, 11) is 2.10. The van der Waals surface area contributed by atoms with Gasteiger partial charge in [-0.25, -0.2) is 0 Å². The van der Waals surface area contributed by atoms with Crippen LogP contribution >= 0.6 is 0 Å². The zero-order chi connectivity index (χ0) is 9.68. The minimum Gasteiger partial charge on any atom is -0.306 e. The van der Waals surface area contributed by atoms with E-state index >= 15 is 0 Å². The van der Waals surface area contributed by atoms with Gasteiger partial charge < -0.3 is 4.90 Å². The Labute approximate surface area is 81.3 Å². The van der Waals surface area contributed by atoms with Crippen LogP contribution in [-0.2, 0) is 4.79 Å². The van der Waals surface area contributed by atoms with Crippen LogP contribution < -0.4 is 0 Å². The molecule has 0 aromatic rings. The third-order valence-corrected chi connectivity index (χ3v) is 3.00. The topological polar surface area (TPSA) is 20.3 Å². The molecule has 1 rings (SSSR count). The molecule has 0 bridgehead atoms. The van der Waals surface area contributed by atoms with Crippen molar-refractivity contribution < 1.29 is 4.79 Å². The maximum Gasteiger partial charge on any atom is 0.137 e. The number of ketones is 1. The number of hydrogen-bond acceptors (Lipinski definition) is 2. The Bertz CT molecular complexity index is 167. The van der Waals surface area contributed by atoms with Crippen LogP contribution in [0.2, 0.25) is 0 Å². The first-order chi connectivity index (χ1) is 6.24. The van der Waals surface area contributed by atoms with E-state index in [1.165, 1.54) is 12.8 Å². The molecular weight excluding hydrogens is 162 g/mol. The SMILES string of the molecule is CCN(C)CC1CCCCCC1=O. The van der Waals surface area contributed by atoms with E-state index in [2.05, 4.69) is 18.9 Å². The molecule has 1 unspecified atom stereocenters. The second kappa shape index (κ2) is 5.38. The lowest BCUT2D eigenvalue weighted by Gasteiger charge is -2.20. The van der Waals surface area contributed by atoms with E-state index < -0.39 is 0 Å². The fourth-order valence-electron chi connectivity index (χ4n) is 1.93. The first-order valence-electron chi connectivity index (χ1n) is 5.45. The molecule has 76 valence electrons. The average Bonchev–Trinajstić information content (AvgIpc) is 2.32. The molecule has 1 saturated carbocycles. The molecule has 0 radical (unpaired) electrons. The number of nitrogens with zero attached hydrogens (tertiary/aromatic N) is 1. The molecule has 0 N–H and O–H groups in total. The maximum absolute atomic E-state index is 11.6. The second-order valence-electron chi connectivity index (χ2n) is 4.12. The summed E-state index contributed by atoms with van der Waals surface area (Å²) in [5, 5.41) is 0. The summed E-state index contributed by atoms with van der Waals surface area (Å²) >= 11 is 0. The highest BCUT2D eigenvalue weighted by atomic mass is 16.1. The summed E-state index contributed by atoms with van der Waals surface area (Å²) < 4.78 is 0. The molecular formula is C11H21NO. The lowest BCUT2D eigenvalue weighted by molar-refractivity contribution is -0.123. The molecule has 0 spiro atoms. The van der Waals surface area contributed by atoms with Gasteiger partial charge in [0.05, 0.1) is 0 Å². The minimum atomic E-state index is 0.326. The van der Waals surface area contributed by atoms with Crippen molar-refractivity contribution in [3.63, 3.8) is 0 Å². The van der Waals surface area contributed by atoms with E-state index in [9.17, 15) is 4.79 Å². The van der Waals surface area contributed by atoms with Crippen LogP contribution in [0.5, 0.6) is 0 Å². The van der Waals surface area contributed by atoms with Crippen LogP contribution in [0.15, 0.2) is 0 Å². The zero-order valence-corrected chi connectivity index (χ0v) is 8.88. The normalized spacial score (nSPS) is 24.8. The quantitative estimate of drug-likeness (QED) is 0.624. The van der Waals surface area contributed by atoms with Crippen molar-refractivity contribution in [1.82, 2.24) is 4.90 Å². The number of Topliss-reactive ketones (excluding diaryl/α,β-unsaturated/α-hetero) is 1. The smallest absolute Gasteiger partial charge is 0.137 e. The first kappa shape index (κ1) is 10.7. The second-order valence-corrected chi connectivity index (χ2v) is 4.12. The van der Waals surface area contributed by atoms with Gasteiger partial charge in [0, 0.05) is 18.9 Å². The molecule has 1 atom stereocenters. The lowest BCUT2D eigenvalue weighted by atomic mass is 9.98. The third-order valence-electron chi connectivity index (χ3n) is 3.00. The van der Waals surface area contributed by atoms with Gasteiger partial charge in [0.1, 0.15) is 5.78 Å². The van der Waals surface area contributed by atoms with Gasteiger partial charge in [-0.1, -0.05) is 19.8 Å². The Morgan fingerprint density at radius 2 is 2.15 bits per heavy atom. The Kier molecular flexibility index (Phi) is 4.43. The first-order valence-corrected chi connectivity index (χ1v) is 5.45. The van der Waals surface area contributed by atoms with E-state index in [0.717, 1.165) is 32.4 Å². The summed E-state index contributed by atoms with van der Waals surface area (Å²) in [6.45, 7) is 4.15. The van der Waals surface area contributed by atoms with E-state index in [4.69, 9.17) is 0 Å². The van der Waals surface area contributed by atoms with Crippen LogP contribution in [-0.4, -0.2) is 30.8 Å². The van der Waals surface area contributed by atoms with Gasteiger partial charge in [-0.05, 0) is 26.4 Å². The molecule has 0 aliphatic heterocycles. The van der Waals surface area contributed by atoms with Crippen LogP contribution in [0.25, 0.3) is 0 Å². The van der Waals surface area contributed by atoms with Crippen molar-refractivity contribution >= 4 is 5.78 Å². The van der Waals surface area contributed by atoms with Crippen molar-refractivity contribution in [3.05, 3.63) is 0 Å². The number of carbonyl (C=O) groups is 1. The molecule has 1 fully saturated rings. The lowest BCUT2D eigenvalue weighted by Crippen LogP contribution is -2.29. The maximum atomic E-state index is 11.6. The van der Waals surface area contributed by atoms with Gasteiger partial charge in [0.2, 0.25) is 0 Å². The molecule has 1 aliphatic carbocycles. The molecule has 0 amide bonds. The van der Waals surface area contributed by atoms with E-state index in [1.54, 1.807) is 0 Å². The van der Waals surface area contributed by atoms with E-state index in [0.29, 0.717) is 11.7 Å². The van der Waals surface area contributed by atoms with Crippen LogP contribution in [0.4, 0.5) is 0 Å². The fraction of sp³-hybridized carbons (Fsp3) is 0.909. The van der Waals surface area contributed by atoms with Crippen molar-refractivity contribution in [2.75, 3.05) is 20.1 Å². The molecule has 13 heavy (non-hydrogen) atoms. The monoisotopic (exact) mass is 183 g/mol. The highest BCUT2D eigenvalue weighted by Gasteiger charge is 2.21. The Balaban J connectivity index is 2.40. The molecule has 2 heteroatoms. The van der Waals surface area contributed by atoms with Gasteiger partial charge in [-0.2, -0.15) is 0 Å². The fourth-order valence-corrected chi connectivity index (χ4v) is 1.93. The van der Waals surface area contributed by atoms with Gasteiger partial charge in [-0.15, -0.1) is 0 Å².